The fourth-order valence-electron chi connectivity index (χ4n) is 7.00. The van der Waals surface area contributed by atoms with E-state index in [2.05, 4.69) is 27.9 Å². The van der Waals surface area contributed by atoms with Gasteiger partial charge in [0.1, 0.15) is 5.69 Å². The van der Waals surface area contributed by atoms with Crippen molar-refractivity contribution in [3.63, 3.8) is 0 Å². The van der Waals surface area contributed by atoms with Gasteiger partial charge >= 0.3 is 0 Å². The van der Waals surface area contributed by atoms with Crippen molar-refractivity contribution < 1.29 is 27.7 Å². The number of alkyl halides is 2. The molecule has 0 bridgehead atoms. The highest BCUT2D eigenvalue weighted by Gasteiger charge is 2.41. The fourth-order valence-corrected chi connectivity index (χ4v) is 7.00. The number of hydrogen-bond acceptors (Lipinski definition) is 9. The van der Waals surface area contributed by atoms with Gasteiger partial charge < -0.3 is 15.4 Å². The second-order valence-electron chi connectivity index (χ2n) is 13.1. The van der Waals surface area contributed by atoms with Crippen LogP contribution in [0.5, 0.6) is 0 Å². The summed E-state index contributed by atoms with van der Waals surface area (Å²) in [4.78, 5) is 36.1. The smallest absolute Gasteiger partial charge is 0.276 e. The number of carbonyl (C=O) groups is 2. The van der Waals surface area contributed by atoms with Crippen LogP contribution in [0.15, 0.2) is 10.8 Å². The van der Waals surface area contributed by atoms with E-state index in [9.17, 15) is 18.4 Å². The largest absolute Gasteiger partial charge is 0.381 e. The highest BCUT2D eigenvalue weighted by molar-refractivity contribution is 5.93. The number of ether oxygens (including phenoxy) is 1. The predicted molar refractivity (Wildman–Crippen MR) is 151 cm³/mol. The molecule has 14 heteroatoms. The van der Waals surface area contributed by atoms with Crippen molar-refractivity contribution in [3.05, 3.63) is 34.7 Å². The fraction of sp³-hybridized carbons (Fsp3) is 0.700. The Kier molecular flexibility index (Phi) is 7.79. The molecule has 3 aromatic rings. The molecule has 2 aliphatic carbocycles. The molecule has 2 saturated carbocycles. The number of amides is 2. The summed E-state index contributed by atoms with van der Waals surface area (Å²) in [5.74, 6) is -2.63. The number of imidazole rings is 1. The third-order valence-corrected chi connectivity index (χ3v) is 9.69. The summed E-state index contributed by atoms with van der Waals surface area (Å²) >= 11 is 0. The first-order valence-corrected chi connectivity index (χ1v) is 15.9. The highest BCUT2D eigenvalue weighted by Crippen LogP contribution is 2.43. The number of hydrogen-bond donors (Lipinski definition) is 2. The quantitative estimate of drug-likeness (QED) is 0.386. The van der Waals surface area contributed by atoms with E-state index in [1.165, 1.54) is 0 Å². The summed E-state index contributed by atoms with van der Waals surface area (Å²) in [6, 6.07) is -0.661. The van der Waals surface area contributed by atoms with Gasteiger partial charge in [-0.25, -0.2) is 27.9 Å². The first kappa shape index (κ1) is 29.2. The molecule has 2 N–H and O–H groups in total. The Hall–Kier alpha value is -3.55. The van der Waals surface area contributed by atoms with Crippen LogP contribution >= 0.6 is 0 Å². The zero-order chi connectivity index (χ0) is 30.4. The first-order valence-electron chi connectivity index (χ1n) is 15.9. The molecule has 236 valence electrons. The maximum Gasteiger partial charge on any atom is 0.276 e. The molecule has 5 heterocycles. The Morgan fingerprint density at radius 1 is 1.09 bits per heavy atom. The summed E-state index contributed by atoms with van der Waals surface area (Å²) in [5, 5.41) is 18.8. The predicted octanol–water partition coefficient (Wildman–Crippen LogP) is 3.89. The summed E-state index contributed by atoms with van der Waals surface area (Å²) in [6.07, 6.45) is 6.32. The molecule has 7 rings (SSSR count). The van der Waals surface area contributed by atoms with Gasteiger partial charge in [0, 0.05) is 56.8 Å². The van der Waals surface area contributed by atoms with Crippen molar-refractivity contribution in [2.24, 2.45) is 17.8 Å². The lowest BCUT2D eigenvalue weighted by molar-refractivity contribution is -0.127. The molecule has 3 aromatic heterocycles. The van der Waals surface area contributed by atoms with E-state index in [0.29, 0.717) is 49.3 Å². The Morgan fingerprint density at radius 3 is 2.59 bits per heavy atom. The molecule has 2 saturated heterocycles. The molecule has 2 amide bonds. The molecule has 0 radical (unpaired) electrons. The van der Waals surface area contributed by atoms with Gasteiger partial charge in [-0.2, -0.15) is 5.10 Å². The molecule has 0 spiro atoms. The van der Waals surface area contributed by atoms with Crippen LogP contribution in [0.1, 0.15) is 116 Å². The molecule has 12 nitrogen and oxygen atoms in total. The Balaban J connectivity index is 1.23. The van der Waals surface area contributed by atoms with Crippen molar-refractivity contribution in [2.75, 3.05) is 19.8 Å². The van der Waals surface area contributed by atoms with Gasteiger partial charge in [-0.05, 0) is 61.9 Å². The number of nitrogens with zero attached hydrogens (tertiary/aromatic N) is 6. The average Bonchev–Trinajstić information content (AvgIpc) is 3.58. The SMILES string of the molecule is C[C@@H]1CNC(=O)[C@@H](Cc2nn3cc([C@@H](NC(=O)c4nonc4C4CC4)C4CCC(F)(F)CC4)nc3nc2C2CCOCC2)C1. The number of halogens is 2. The molecular weight excluding hydrogens is 574 g/mol. The minimum absolute atomic E-state index is 0.0269. The van der Waals surface area contributed by atoms with Gasteiger partial charge in [-0.1, -0.05) is 12.1 Å². The van der Waals surface area contributed by atoms with Gasteiger partial charge in [0.05, 0.1) is 29.3 Å². The van der Waals surface area contributed by atoms with Gasteiger partial charge in [-0.3, -0.25) is 9.59 Å². The lowest BCUT2D eigenvalue weighted by Gasteiger charge is -2.33. The maximum atomic E-state index is 14.2. The van der Waals surface area contributed by atoms with Crippen LogP contribution in [0.3, 0.4) is 0 Å². The van der Waals surface area contributed by atoms with E-state index in [1.807, 2.05) is 0 Å². The lowest BCUT2D eigenvalue weighted by Crippen LogP contribution is -2.41. The maximum absolute atomic E-state index is 14.2. The van der Waals surface area contributed by atoms with Crippen LogP contribution in [0.2, 0.25) is 0 Å². The summed E-state index contributed by atoms with van der Waals surface area (Å²) in [7, 11) is 0. The number of piperidine rings is 1. The Labute approximate surface area is 253 Å². The summed E-state index contributed by atoms with van der Waals surface area (Å²) in [6.45, 7) is 4.04. The van der Waals surface area contributed by atoms with Crippen molar-refractivity contribution >= 4 is 17.6 Å². The number of rotatable bonds is 8. The van der Waals surface area contributed by atoms with Crippen molar-refractivity contribution in [3.8, 4) is 0 Å². The molecule has 0 unspecified atom stereocenters. The highest BCUT2D eigenvalue weighted by atomic mass is 19.3. The molecule has 4 fully saturated rings. The normalized spacial score (nSPS) is 25.6. The van der Waals surface area contributed by atoms with Crippen molar-refractivity contribution in [1.29, 1.82) is 0 Å². The van der Waals surface area contributed by atoms with E-state index in [-0.39, 0.29) is 61.0 Å². The van der Waals surface area contributed by atoms with Crippen LogP contribution < -0.4 is 10.6 Å². The first-order chi connectivity index (χ1) is 21.2. The monoisotopic (exact) mass is 612 g/mol. The zero-order valence-electron chi connectivity index (χ0n) is 24.8. The second-order valence-corrected chi connectivity index (χ2v) is 13.1. The minimum atomic E-state index is -2.72. The molecule has 2 aliphatic heterocycles. The third kappa shape index (κ3) is 6.04. The van der Waals surface area contributed by atoms with Crippen LogP contribution in [0, 0.1) is 17.8 Å². The second kappa shape index (κ2) is 11.8. The van der Waals surface area contributed by atoms with Crippen LogP contribution in [0.4, 0.5) is 8.78 Å². The number of nitrogens with one attached hydrogen (secondary N) is 2. The van der Waals surface area contributed by atoms with Crippen molar-refractivity contribution in [1.82, 2.24) is 40.5 Å². The average molecular weight is 613 g/mol. The molecule has 4 aliphatic rings. The number of aromatic nitrogens is 6. The van der Waals surface area contributed by atoms with E-state index in [4.69, 9.17) is 24.4 Å². The summed E-state index contributed by atoms with van der Waals surface area (Å²) < 4.78 is 40.4. The molecule has 3 atom stereocenters. The number of fused-ring (bicyclic) bond motifs is 1. The van der Waals surface area contributed by atoms with Gasteiger partial charge in [-0.15, -0.1) is 0 Å². The van der Waals surface area contributed by atoms with E-state index < -0.39 is 17.9 Å². The molecular formula is C30H38F2N8O4. The standard InChI is InChI=1S/C30H38F2N8O4/c1-16-12-20(27(41)33-14-16)13-21-23(19-6-10-43-11-7-19)36-29-34-22(15-40(29)37-21)24(18-4-8-30(31,32)9-5-18)35-28(42)26-25(17-2-3-17)38-44-39-26/h15-20,24H,2-14H2,1H3,(H,33,41)(H,35,42)/t16-,20+,24-/m0/s1. The molecule has 44 heavy (non-hydrogen) atoms. The van der Waals surface area contributed by atoms with E-state index >= 15 is 0 Å². The van der Waals surface area contributed by atoms with E-state index in [1.54, 1.807) is 10.7 Å². The summed E-state index contributed by atoms with van der Waals surface area (Å²) in [5.41, 5.74) is 2.73. The third-order valence-electron chi connectivity index (χ3n) is 9.69. The van der Waals surface area contributed by atoms with Gasteiger partial charge in [0.15, 0.2) is 5.69 Å². The minimum Gasteiger partial charge on any atom is -0.381 e. The van der Waals surface area contributed by atoms with Crippen molar-refractivity contribution in [2.45, 2.75) is 94.9 Å². The zero-order valence-corrected chi connectivity index (χ0v) is 24.8. The number of carbonyl (C=O) groups excluding carboxylic acids is 2. The Bertz CT molecular complexity index is 1520. The Morgan fingerprint density at radius 2 is 1.84 bits per heavy atom. The van der Waals surface area contributed by atoms with Gasteiger partial charge in [0.25, 0.3) is 11.7 Å². The van der Waals surface area contributed by atoms with Crippen LogP contribution in [-0.2, 0) is 16.0 Å². The lowest BCUT2D eigenvalue weighted by atomic mass is 9.81. The topological polar surface area (TPSA) is 149 Å². The van der Waals surface area contributed by atoms with Crippen LogP contribution in [-0.4, -0.2) is 67.4 Å². The molecule has 0 aromatic carbocycles. The van der Waals surface area contributed by atoms with Crippen LogP contribution in [0.25, 0.3) is 5.78 Å². The van der Waals surface area contributed by atoms with E-state index in [0.717, 1.165) is 43.5 Å². The van der Waals surface area contributed by atoms with Gasteiger partial charge in [0.2, 0.25) is 11.8 Å².